The van der Waals surface area contributed by atoms with E-state index in [9.17, 15) is 14.7 Å². The molecule has 0 aliphatic carbocycles. The zero-order valence-electron chi connectivity index (χ0n) is 11.1. The van der Waals surface area contributed by atoms with Crippen molar-refractivity contribution in [3.8, 4) is 0 Å². The fourth-order valence-electron chi connectivity index (χ4n) is 2.18. The minimum absolute atomic E-state index is 0.0813. The fraction of sp³-hybridized carbons (Fsp3) is 0.429. The van der Waals surface area contributed by atoms with Gasteiger partial charge in [-0.15, -0.1) is 0 Å². The summed E-state index contributed by atoms with van der Waals surface area (Å²) in [6.45, 7) is 4.42. The standard InChI is InChI=1S/C14H18N2O3/c1-9(2)10-3-5-11(6-4-10)16-8-13(17)15-7-12(16)14(18)19/h3-6,9,12H,7-8H2,1-2H3,(H,15,17)(H,18,19). The average Bonchev–Trinajstić information content (AvgIpc) is 2.38. The molecule has 0 spiro atoms. The minimum Gasteiger partial charge on any atom is -0.480 e. The number of carboxylic acid groups (broad SMARTS) is 1. The third-order valence-corrected chi connectivity index (χ3v) is 3.36. The van der Waals surface area contributed by atoms with E-state index in [2.05, 4.69) is 19.2 Å². The predicted molar refractivity (Wildman–Crippen MR) is 72.3 cm³/mol. The molecule has 1 unspecified atom stereocenters. The number of carbonyl (C=O) groups is 2. The SMILES string of the molecule is CC(C)c1ccc(N2CC(=O)NCC2C(=O)O)cc1. The van der Waals surface area contributed by atoms with Crippen LogP contribution in [0.2, 0.25) is 0 Å². The van der Waals surface area contributed by atoms with Crippen LogP contribution in [-0.4, -0.2) is 36.1 Å². The van der Waals surface area contributed by atoms with Gasteiger partial charge in [0.25, 0.3) is 0 Å². The van der Waals surface area contributed by atoms with Gasteiger partial charge in [0, 0.05) is 12.2 Å². The Kier molecular flexibility index (Phi) is 3.74. The largest absolute Gasteiger partial charge is 0.480 e. The first-order valence-corrected chi connectivity index (χ1v) is 6.35. The number of rotatable bonds is 3. The summed E-state index contributed by atoms with van der Waals surface area (Å²) in [5.41, 5.74) is 1.96. The van der Waals surface area contributed by atoms with Crippen molar-refractivity contribution in [2.75, 3.05) is 18.0 Å². The van der Waals surface area contributed by atoms with E-state index in [0.29, 0.717) is 5.92 Å². The van der Waals surface area contributed by atoms with Crippen LogP contribution in [0.5, 0.6) is 0 Å². The summed E-state index contributed by atoms with van der Waals surface area (Å²) in [6, 6.07) is 7.01. The number of piperazine rings is 1. The van der Waals surface area contributed by atoms with Gasteiger partial charge in [0.15, 0.2) is 0 Å². The highest BCUT2D eigenvalue weighted by atomic mass is 16.4. The van der Waals surface area contributed by atoms with E-state index < -0.39 is 12.0 Å². The van der Waals surface area contributed by atoms with Gasteiger partial charge in [-0.05, 0) is 23.6 Å². The second kappa shape index (κ2) is 5.30. The zero-order chi connectivity index (χ0) is 14.0. The normalized spacial score (nSPS) is 19.4. The molecule has 1 heterocycles. The Morgan fingerprint density at radius 3 is 2.53 bits per heavy atom. The second-order valence-corrected chi connectivity index (χ2v) is 5.03. The smallest absolute Gasteiger partial charge is 0.328 e. The molecule has 1 aromatic carbocycles. The number of nitrogens with zero attached hydrogens (tertiary/aromatic N) is 1. The van der Waals surface area contributed by atoms with Gasteiger partial charge in [-0.1, -0.05) is 26.0 Å². The molecule has 5 nitrogen and oxygen atoms in total. The van der Waals surface area contributed by atoms with Crippen LogP contribution in [0.4, 0.5) is 5.69 Å². The lowest BCUT2D eigenvalue weighted by molar-refractivity contribution is -0.139. The van der Waals surface area contributed by atoms with Crippen molar-refractivity contribution in [3.05, 3.63) is 29.8 Å². The van der Waals surface area contributed by atoms with Crippen LogP contribution < -0.4 is 10.2 Å². The Morgan fingerprint density at radius 2 is 2.00 bits per heavy atom. The van der Waals surface area contributed by atoms with Gasteiger partial charge in [-0.2, -0.15) is 0 Å². The van der Waals surface area contributed by atoms with Crippen LogP contribution in [0.3, 0.4) is 0 Å². The first-order valence-electron chi connectivity index (χ1n) is 6.35. The summed E-state index contributed by atoms with van der Waals surface area (Å²) in [4.78, 5) is 24.3. The molecule has 1 aliphatic heterocycles. The highest BCUT2D eigenvalue weighted by molar-refractivity contribution is 5.89. The van der Waals surface area contributed by atoms with Crippen LogP contribution >= 0.6 is 0 Å². The number of carbonyl (C=O) groups excluding carboxylic acids is 1. The number of benzene rings is 1. The number of nitrogens with one attached hydrogen (secondary N) is 1. The van der Waals surface area contributed by atoms with Gasteiger partial charge in [0.1, 0.15) is 6.04 Å². The van der Waals surface area contributed by atoms with Gasteiger partial charge in [-0.3, -0.25) is 4.79 Å². The Morgan fingerprint density at radius 1 is 1.37 bits per heavy atom. The molecule has 0 radical (unpaired) electrons. The number of anilines is 1. The highest BCUT2D eigenvalue weighted by Gasteiger charge is 2.31. The maximum absolute atomic E-state index is 11.4. The number of aliphatic carboxylic acids is 1. The van der Waals surface area contributed by atoms with Crippen molar-refractivity contribution in [1.29, 1.82) is 0 Å². The number of carboxylic acids is 1. The summed E-state index contributed by atoms with van der Waals surface area (Å²) < 4.78 is 0. The van der Waals surface area contributed by atoms with Crippen molar-refractivity contribution in [2.24, 2.45) is 0 Å². The monoisotopic (exact) mass is 262 g/mol. The molecule has 5 heteroatoms. The molecule has 1 saturated heterocycles. The number of hydrogen-bond donors (Lipinski definition) is 2. The zero-order valence-corrected chi connectivity index (χ0v) is 11.1. The number of amides is 1. The van der Waals surface area contributed by atoms with Gasteiger partial charge in [0.2, 0.25) is 5.91 Å². The topological polar surface area (TPSA) is 69.6 Å². The van der Waals surface area contributed by atoms with Crippen LogP contribution in [0.1, 0.15) is 25.3 Å². The van der Waals surface area contributed by atoms with Crippen molar-refractivity contribution in [1.82, 2.24) is 5.32 Å². The van der Waals surface area contributed by atoms with E-state index in [1.165, 1.54) is 5.56 Å². The molecule has 0 aromatic heterocycles. The molecule has 2 N–H and O–H groups in total. The molecule has 0 bridgehead atoms. The van der Waals surface area contributed by atoms with E-state index in [1.807, 2.05) is 24.3 Å². The van der Waals surface area contributed by atoms with Gasteiger partial charge in [-0.25, -0.2) is 4.79 Å². The van der Waals surface area contributed by atoms with Crippen LogP contribution in [-0.2, 0) is 9.59 Å². The molecular formula is C14H18N2O3. The first-order chi connectivity index (χ1) is 8.99. The quantitative estimate of drug-likeness (QED) is 0.858. The number of hydrogen-bond acceptors (Lipinski definition) is 3. The molecule has 2 rings (SSSR count). The lowest BCUT2D eigenvalue weighted by Crippen LogP contribution is -2.57. The molecule has 1 fully saturated rings. The van der Waals surface area contributed by atoms with E-state index in [0.717, 1.165) is 5.69 Å². The Bertz CT molecular complexity index is 482. The van der Waals surface area contributed by atoms with Crippen molar-refractivity contribution < 1.29 is 14.7 Å². The van der Waals surface area contributed by atoms with Crippen LogP contribution in [0, 0.1) is 0 Å². The average molecular weight is 262 g/mol. The Labute approximate surface area is 112 Å². The summed E-state index contributed by atoms with van der Waals surface area (Å²) in [5.74, 6) is -0.646. The molecule has 0 saturated carbocycles. The molecular weight excluding hydrogens is 244 g/mol. The van der Waals surface area contributed by atoms with E-state index in [-0.39, 0.29) is 19.0 Å². The molecule has 1 aliphatic rings. The third kappa shape index (κ3) is 2.86. The van der Waals surface area contributed by atoms with E-state index in [4.69, 9.17) is 0 Å². The Hall–Kier alpha value is -2.04. The molecule has 1 aromatic rings. The fourth-order valence-corrected chi connectivity index (χ4v) is 2.18. The Balaban J connectivity index is 2.26. The minimum atomic E-state index is -0.923. The third-order valence-electron chi connectivity index (χ3n) is 3.36. The lowest BCUT2D eigenvalue weighted by atomic mass is 10.0. The maximum atomic E-state index is 11.4. The molecule has 102 valence electrons. The summed E-state index contributed by atoms with van der Waals surface area (Å²) >= 11 is 0. The van der Waals surface area contributed by atoms with Gasteiger partial charge < -0.3 is 15.3 Å². The van der Waals surface area contributed by atoms with E-state index in [1.54, 1.807) is 4.90 Å². The molecule has 19 heavy (non-hydrogen) atoms. The first kappa shape index (κ1) is 13.4. The van der Waals surface area contributed by atoms with Crippen molar-refractivity contribution in [3.63, 3.8) is 0 Å². The maximum Gasteiger partial charge on any atom is 0.328 e. The summed E-state index contributed by atoms with van der Waals surface area (Å²) in [5, 5.41) is 11.8. The predicted octanol–water partition coefficient (Wildman–Crippen LogP) is 1.20. The van der Waals surface area contributed by atoms with Crippen LogP contribution in [0.15, 0.2) is 24.3 Å². The van der Waals surface area contributed by atoms with E-state index >= 15 is 0 Å². The highest BCUT2D eigenvalue weighted by Crippen LogP contribution is 2.22. The van der Waals surface area contributed by atoms with Gasteiger partial charge in [0.05, 0.1) is 6.54 Å². The molecule has 1 atom stereocenters. The van der Waals surface area contributed by atoms with Crippen molar-refractivity contribution >= 4 is 17.6 Å². The van der Waals surface area contributed by atoms with Crippen LogP contribution in [0.25, 0.3) is 0 Å². The second-order valence-electron chi connectivity index (χ2n) is 5.03. The molecule has 1 amide bonds. The summed E-state index contributed by atoms with van der Waals surface area (Å²) in [6.07, 6.45) is 0. The van der Waals surface area contributed by atoms with Crippen molar-refractivity contribution in [2.45, 2.75) is 25.8 Å². The van der Waals surface area contributed by atoms with Gasteiger partial charge >= 0.3 is 5.97 Å². The summed E-state index contributed by atoms with van der Waals surface area (Å²) in [7, 11) is 0. The lowest BCUT2D eigenvalue weighted by Gasteiger charge is -2.34.